The molecule has 4 aromatic carbocycles. The van der Waals surface area contributed by atoms with Crippen LogP contribution in [0.1, 0.15) is 72.8 Å². The summed E-state index contributed by atoms with van der Waals surface area (Å²) >= 11 is 3.37. The molecule has 276 valence electrons. The van der Waals surface area contributed by atoms with Gasteiger partial charge in [0.25, 0.3) is 0 Å². The Labute approximate surface area is 323 Å². The number of benzene rings is 4. The number of aromatic nitrogens is 2. The molecule has 0 atom stereocenters. The second-order valence-corrected chi connectivity index (χ2v) is 15.4. The van der Waals surface area contributed by atoms with Crippen LogP contribution in [-0.4, -0.2) is 34.8 Å². The van der Waals surface area contributed by atoms with Crippen molar-refractivity contribution < 1.29 is 9.47 Å². The summed E-state index contributed by atoms with van der Waals surface area (Å²) in [6, 6.07) is 24.8. The van der Waals surface area contributed by atoms with Gasteiger partial charge < -0.3 is 20.1 Å². The van der Waals surface area contributed by atoms with E-state index in [9.17, 15) is 0 Å². The number of nitrogen functional groups attached to an aromatic ring is 1. The number of ether oxygens (including phenoxy) is 2. The number of nitrogens with zero attached hydrogens (tertiary/aromatic N) is 4. The van der Waals surface area contributed by atoms with Crippen molar-refractivity contribution in [2.75, 3.05) is 19.3 Å². The summed E-state index contributed by atoms with van der Waals surface area (Å²) in [6.07, 6.45) is 3.56. The normalized spacial score (nSPS) is 11.0. The molecule has 0 aliphatic heterocycles. The number of hydrogen-bond donors (Lipinski definition) is 1. The van der Waals surface area contributed by atoms with Gasteiger partial charge in [-0.3, -0.25) is 0 Å². The van der Waals surface area contributed by atoms with Crippen LogP contribution in [0.15, 0.2) is 88.5 Å². The van der Waals surface area contributed by atoms with Crippen LogP contribution in [0.25, 0.3) is 0 Å². The van der Waals surface area contributed by atoms with Crippen LogP contribution in [0.4, 0.5) is 11.4 Å². The average molecular weight is 746 g/mol. The zero-order valence-corrected chi connectivity index (χ0v) is 33.8. The molecule has 0 aliphatic rings. The SMILES string of the molecule is CCN(C)C=Nc1cc(C)c(Cc2nc(COc3ccc(C)cc3)cs2)cc1C.Cc1ccc(OCc2csc(Cc3cc(C)c(N)cc3C)n2)cc1. The number of aryl methyl sites for hydroxylation is 6. The molecule has 0 saturated heterocycles. The first-order valence-corrected chi connectivity index (χ1v) is 19.7. The van der Waals surface area contributed by atoms with E-state index in [4.69, 9.17) is 25.2 Å². The molecule has 0 spiro atoms. The quantitative estimate of drug-likeness (QED) is 0.0720. The fourth-order valence-electron chi connectivity index (χ4n) is 5.42. The maximum Gasteiger partial charge on any atom is 0.131 e. The van der Waals surface area contributed by atoms with Gasteiger partial charge in [0.15, 0.2) is 0 Å². The number of aliphatic imine (C=N–C) groups is 1. The van der Waals surface area contributed by atoms with E-state index in [0.29, 0.717) is 13.2 Å². The van der Waals surface area contributed by atoms with Crippen LogP contribution in [0.3, 0.4) is 0 Å². The Bertz CT molecular complexity index is 2120. The minimum Gasteiger partial charge on any atom is -0.487 e. The standard InChI is InChI=1S/C24H29N3OS.C20H22N2OS/c1-6-27(5)16-25-23-12-18(3)20(11-19(23)4)13-24-26-21(15-29-24)14-28-22-9-7-17(2)8-10-22;1-13-4-6-18(7-5-13)23-11-17-12-24-20(22-17)10-16-8-15(3)19(21)9-14(16)2/h7-12,15-16H,6,13-14H2,1-5H3;4-9,12H,10-11,21H2,1-3H3. The summed E-state index contributed by atoms with van der Waals surface area (Å²) in [7, 11) is 2.03. The second-order valence-electron chi connectivity index (χ2n) is 13.5. The molecular weight excluding hydrogens is 695 g/mol. The molecule has 53 heavy (non-hydrogen) atoms. The lowest BCUT2D eigenvalue weighted by molar-refractivity contribution is 0.302. The first-order chi connectivity index (χ1) is 25.4. The van der Waals surface area contributed by atoms with E-state index in [2.05, 4.69) is 92.5 Å². The Hall–Kier alpha value is -4.99. The maximum absolute atomic E-state index is 5.96. The molecule has 2 N–H and O–H groups in total. The zero-order chi connectivity index (χ0) is 37.9. The molecule has 0 unspecified atom stereocenters. The zero-order valence-electron chi connectivity index (χ0n) is 32.2. The van der Waals surface area contributed by atoms with E-state index in [0.717, 1.165) is 69.2 Å². The predicted octanol–water partition coefficient (Wildman–Crippen LogP) is 10.7. The fraction of sp³-hybridized carbons (Fsp3) is 0.295. The Morgan fingerprint density at radius 1 is 0.660 bits per heavy atom. The fourth-order valence-corrected chi connectivity index (χ4v) is 7.03. The number of rotatable bonds is 13. The smallest absolute Gasteiger partial charge is 0.131 e. The molecule has 0 amide bonds. The Kier molecular flexibility index (Phi) is 13.8. The van der Waals surface area contributed by atoms with E-state index < -0.39 is 0 Å². The second kappa shape index (κ2) is 18.7. The summed E-state index contributed by atoms with van der Waals surface area (Å²) in [5, 5.41) is 6.37. The molecule has 9 heteroatoms. The molecule has 6 rings (SSSR count). The maximum atomic E-state index is 5.96. The molecular formula is C44H51N5O2S2. The third-order valence-electron chi connectivity index (χ3n) is 8.97. The molecule has 0 radical (unpaired) electrons. The van der Waals surface area contributed by atoms with Crippen molar-refractivity contribution in [2.45, 2.75) is 74.5 Å². The summed E-state index contributed by atoms with van der Waals surface area (Å²) in [5.41, 5.74) is 19.6. The lowest BCUT2D eigenvalue weighted by atomic mass is 10.0. The van der Waals surface area contributed by atoms with Crippen molar-refractivity contribution in [3.63, 3.8) is 0 Å². The summed E-state index contributed by atoms with van der Waals surface area (Å²) in [5.74, 6) is 1.75. The third kappa shape index (κ3) is 11.8. The van der Waals surface area contributed by atoms with Gasteiger partial charge in [0.2, 0.25) is 0 Å². The van der Waals surface area contributed by atoms with Crippen molar-refractivity contribution in [2.24, 2.45) is 4.99 Å². The van der Waals surface area contributed by atoms with Crippen LogP contribution in [0.5, 0.6) is 11.5 Å². The highest BCUT2D eigenvalue weighted by Gasteiger charge is 2.10. The van der Waals surface area contributed by atoms with Crippen LogP contribution in [-0.2, 0) is 26.1 Å². The van der Waals surface area contributed by atoms with Gasteiger partial charge in [0.1, 0.15) is 24.7 Å². The topological polar surface area (TPSA) is 85.9 Å². The molecule has 0 saturated carbocycles. The Morgan fingerprint density at radius 2 is 1.13 bits per heavy atom. The van der Waals surface area contributed by atoms with Crippen molar-refractivity contribution in [3.8, 4) is 11.5 Å². The van der Waals surface area contributed by atoms with Crippen molar-refractivity contribution in [1.29, 1.82) is 0 Å². The number of thiazole rings is 2. The van der Waals surface area contributed by atoms with Gasteiger partial charge in [-0.2, -0.15) is 0 Å². The molecule has 0 fully saturated rings. The lowest BCUT2D eigenvalue weighted by Gasteiger charge is -2.11. The van der Waals surface area contributed by atoms with Gasteiger partial charge in [-0.05, 0) is 118 Å². The van der Waals surface area contributed by atoms with Gasteiger partial charge in [0, 0.05) is 42.9 Å². The monoisotopic (exact) mass is 745 g/mol. The van der Waals surface area contributed by atoms with Crippen LogP contribution < -0.4 is 15.2 Å². The van der Waals surface area contributed by atoms with Crippen LogP contribution in [0.2, 0.25) is 0 Å². The van der Waals surface area contributed by atoms with Gasteiger partial charge in [-0.15, -0.1) is 22.7 Å². The molecule has 2 aromatic heterocycles. The highest BCUT2D eigenvalue weighted by atomic mass is 32.1. The molecule has 0 bridgehead atoms. The summed E-state index contributed by atoms with van der Waals surface area (Å²) in [6.45, 7) is 16.6. The van der Waals surface area contributed by atoms with E-state index in [1.807, 2.05) is 62.8 Å². The highest BCUT2D eigenvalue weighted by Crippen LogP contribution is 2.27. The number of hydrogen-bond acceptors (Lipinski definition) is 8. The minimum absolute atomic E-state index is 0.496. The largest absolute Gasteiger partial charge is 0.487 e. The van der Waals surface area contributed by atoms with Crippen molar-refractivity contribution in [3.05, 3.63) is 149 Å². The van der Waals surface area contributed by atoms with E-state index in [-0.39, 0.29) is 0 Å². The van der Waals surface area contributed by atoms with Gasteiger partial charge in [-0.25, -0.2) is 15.0 Å². The van der Waals surface area contributed by atoms with E-state index in [1.54, 1.807) is 22.7 Å². The summed E-state index contributed by atoms with van der Waals surface area (Å²) < 4.78 is 11.6. The van der Waals surface area contributed by atoms with Gasteiger partial charge in [0.05, 0.1) is 33.4 Å². The molecule has 2 heterocycles. The first-order valence-electron chi connectivity index (χ1n) is 17.9. The van der Waals surface area contributed by atoms with Gasteiger partial charge >= 0.3 is 0 Å². The molecule has 6 aromatic rings. The van der Waals surface area contributed by atoms with E-state index >= 15 is 0 Å². The van der Waals surface area contributed by atoms with Gasteiger partial charge in [-0.1, -0.05) is 47.5 Å². The Morgan fingerprint density at radius 3 is 1.62 bits per heavy atom. The average Bonchev–Trinajstić information content (AvgIpc) is 3.80. The molecule has 0 aliphatic carbocycles. The Balaban J connectivity index is 0.000000208. The van der Waals surface area contributed by atoms with Crippen molar-refractivity contribution >= 4 is 40.4 Å². The predicted molar refractivity (Wildman–Crippen MR) is 224 cm³/mol. The van der Waals surface area contributed by atoms with Crippen molar-refractivity contribution in [1.82, 2.24) is 14.9 Å². The van der Waals surface area contributed by atoms with Crippen LogP contribution >= 0.6 is 22.7 Å². The van der Waals surface area contributed by atoms with E-state index in [1.165, 1.54) is 38.9 Å². The third-order valence-corrected chi connectivity index (χ3v) is 10.8. The highest BCUT2D eigenvalue weighted by molar-refractivity contribution is 7.10. The summed E-state index contributed by atoms with van der Waals surface area (Å²) in [4.78, 5) is 16.1. The number of nitrogens with two attached hydrogens (primary N) is 1. The minimum atomic E-state index is 0.496. The van der Waals surface area contributed by atoms with Crippen LogP contribution in [0, 0.1) is 41.5 Å². The first kappa shape index (κ1) is 39.2. The molecule has 7 nitrogen and oxygen atoms in total. The lowest BCUT2D eigenvalue weighted by Crippen LogP contribution is -2.14. The number of anilines is 1.